The molecule has 1 unspecified atom stereocenters. The predicted molar refractivity (Wildman–Crippen MR) is 202 cm³/mol. The Bertz CT molecular complexity index is 1310. The Kier molecular flexibility index (Phi) is 14.9. The number of amides is 1. The number of ether oxygens (including phenoxy) is 8. The van der Waals surface area contributed by atoms with E-state index in [-0.39, 0.29) is 30.4 Å². The topological polar surface area (TPSA) is 184 Å². The van der Waals surface area contributed by atoms with Crippen LogP contribution in [-0.4, -0.2) is 158 Å². The number of rotatable bonds is 9. The third-order valence-corrected chi connectivity index (χ3v) is 13.5. The Morgan fingerprint density at radius 3 is 2.04 bits per heavy atom. The zero-order chi connectivity index (χ0) is 41.5. The van der Waals surface area contributed by atoms with E-state index in [0.29, 0.717) is 12.8 Å². The Morgan fingerprint density at radius 1 is 0.873 bits per heavy atom. The van der Waals surface area contributed by atoms with Crippen molar-refractivity contribution in [1.29, 1.82) is 0 Å². The number of nitrogens with one attached hydrogen (secondary N) is 1. The van der Waals surface area contributed by atoms with Crippen LogP contribution in [0.1, 0.15) is 88.5 Å². The normalized spacial score (nSPS) is 50.1. The van der Waals surface area contributed by atoms with Crippen molar-refractivity contribution >= 4 is 11.9 Å². The van der Waals surface area contributed by atoms with Gasteiger partial charge in [-0.1, -0.05) is 27.7 Å². The lowest BCUT2D eigenvalue weighted by Gasteiger charge is -2.50. The molecule has 3 heterocycles. The van der Waals surface area contributed by atoms with Crippen LogP contribution in [0.5, 0.6) is 0 Å². The molecule has 15 heteroatoms. The minimum Gasteiger partial charge on any atom is -0.458 e. The zero-order valence-electron chi connectivity index (χ0n) is 35.8. The molecule has 4 fully saturated rings. The summed E-state index contributed by atoms with van der Waals surface area (Å²) in [6, 6.07) is -0.659. The Morgan fingerprint density at radius 2 is 1.49 bits per heavy atom. The van der Waals surface area contributed by atoms with Crippen molar-refractivity contribution in [3.05, 3.63) is 0 Å². The van der Waals surface area contributed by atoms with Gasteiger partial charge in [-0.3, -0.25) is 9.59 Å². The van der Waals surface area contributed by atoms with Gasteiger partial charge in [0.15, 0.2) is 12.6 Å². The van der Waals surface area contributed by atoms with Gasteiger partial charge in [0.25, 0.3) is 0 Å². The second-order valence-electron chi connectivity index (χ2n) is 17.8. The Hall–Kier alpha value is -1.50. The van der Waals surface area contributed by atoms with Crippen LogP contribution in [0.3, 0.4) is 0 Å². The third-order valence-electron chi connectivity index (χ3n) is 13.5. The second kappa shape index (κ2) is 17.8. The number of methoxy groups -OCH3 is 3. The summed E-state index contributed by atoms with van der Waals surface area (Å²) < 4.78 is 51.0. The van der Waals surface area contributed by atoms with Crippen molar-refractivity contribution in [2.75, 3.05) is 35.4 Å². The molecule has 0 radical (unpaired) electrons. The fourth-order valence-corrected chi connectivity index (χ4v) is 9.76. The number of fused-ring (bicyclic) bond motifs is 1. The number of aliphatic hydroxyl groups excluding tert-OH is 2. The van der Waals surface area contributed by atoms with Crippen molar-refractivity contribution in [3.63, 3.8) is 0 Å². The molecule has 0 aromatic carbocycles. The third kappa shape index (κ3) is 9.22. The number of esters is 1. The molecule has 0 spiro atoms. The smallest absolute Gasteiger partial charge is 0.311 e. The second-order valence-corrected chi connectivity index (χ2v) is 17.8. The number of hydrogen-bond donors (Lipinski definition) is 4. The lowest BCUT2D eigenvalue weighted by Crippen LogP contribution is -2.61. The highest BCUT2D eigenvalue weighted by atomic mass is 16.7. The van der Waals surface area contributed by atoms with Gasteiger partial charge in [-0.15, -0.1) is 0 Å². The highest BCUT2D eigenvalue weighted by molar-refractivity contribution is 5.74. The van der Waals surface area contributed by atoms with Crippen LogP contribution >= 0.6 is 0 Å². The number of carbonyl (C=O) groups excluding carboxylic acids is 2. The van der Waals surface area contributed by atoms with Crippen molar-refractivity contribution in [2.24, 2.45) is 29.6 Å². The van der Waals surface area contributed by atoms with Crippen molar-refractivity contribution in [3.8, 4) is 0 Å². The van der Waals surface area contributed by atoms with Crippen LogP contribution in [0.15, 0.2) is 0 Å². The van der Waals surface area contributed by atoms with E-state index >= 15 is 0 Å². The molecule has 20 atom stereocenters. The average molecular weight is 789 g/mol. The molecule has 320 valence electrons. The summed E-state index contributed by atoms with van der Waals surface area (Å²) in [5, 5.41) is 37.6. The van der Waals surface area contributed by atoms with E-state index in [0.717, 1.165) is 0 Å². The van der Waals surface area contributed by atoms with Crippen molar-refractivity contribution in [2.45, 2.75) is 179 Å². The van der Waals surface area contributed by atoms with E-state index in [1.54, 1.807) is 48.8 Å². The number of hydrogen-bond acceptors (Lipinski definition) is 14. The maximum absolute atomic E-state index is 14.3. The summed E-state index contributed by atoms with van der Waals surface area (Å²) in [5.41, 5.74) is -3.87. The van der Waals surface area contributed by atoms with Gasteiger partial charge in [-0.2, -0.15) is 0 Å². The molecule has 1 amide bonds. The number of aliphatic hydroxyl groups is 3. The molecule has 0 aromatic heterocycles. The van der Waals surface area contributed by atoms with Crippen LogP contribution in [0.2, 0.25) is 0 Å². The molecule has 1 saturated carbocycles. The van der Waals surface area contributed by atoms with Crippen LogP contribution in [0, 0.1) is 29.6 Å². The molecule has 1 aliphatic carbocycles. The van der Waals surface area contributed by atoms with E-state index in [4.69, 9.17) is 37.9 Å². The Balaban J connectivity index is 1.88. The predicted octanol–water partition coefficient (Wildman–Crippen LogP) is 2.25. The largest absolute Gasteiger partial charge is 0.458 e. The highest BCUT2D eigenvalue weighted by Crippen LogP contribution is 2.52. The fraction of sp³-hybridized carbons (Fsp3) is 0.950. The Labute approximate surface area is 328 Å². The number of carbonyl (C=O) groups is 2. The maximum atomic E-state index is 14.3. The van der Waals surface area contributed by atoms with Gasteiger partial charge in [0, 0.05) is 64.5 Å². The quantitative estimate of drug-likeness (QED) is 0.250. The molecule has 3 saturated heterocycles. The van der Waals surface area contributed by atoms with E-state index in [9.17, 15) is 24.9 Å². The lowest BCUT2D eigenvalue weighted by atomic mass is 9.74. The van der Waals surface area contributed by atoms with Gasteiger partial charge in [0.1, 0.15) is 23.9 Å². The molecule has 4 aliphatic rings. The lowest BCUT2D eigenvalue weighted by molar-refractivity contribution is -0.321. The molecule has 15 nitrogen and oxygen atoms in total. The monoisotopic (exact) mass is 789 g/mol. The number of likely N-dealkylation sites (N-methyl/N-ethyl adjacent to an activating group) is 1. The SMILES string of the molecule is CO[C@H]1[C@H](O[C@@H]2[C@@H](C)[C@H](O[C@H]3C[C@@](C)(OC)[C@@H](O)[C@H](C)O3)[C@@H](C)C(=O)O[C@@H]3C(C)[C@]3(O)[C@H](O)[C@@H](C)[C@@H](NC(C)=O)[C@H](C)C[C@]2(C)OC)O[C@H](C)C[C@@H]1N(C)C. The summed E-state index contributed by atoms with van der Waals surface area (Å²) in [5.74, 6) is -4.08. The van der Waals surface area contributed by atoms with E-state index < -0.39 is 108 Å². The molecule has 3 aliphatic heterocycles. The first-order valence-corrected chi connectivity index (χ1v) is 20.0. The van der Waals surface area contributed by atoms with E-state index in [1.807, 2.05) is 41.8 Å². The molecule has 0 aromatic rings. The fourth-order valence-electron chi connectivity index (χ4n) is 9.76. The summed E-state index contributed by atoms with van der Waals surface area (Å²) in [7, 11) is 8.72. The maximum Gasteiger partial charge on any atom is 0.311 e. The van der Waals surface area contributed by atoms with Gasteiger partial charge < -0.3 is 63.4 Å². The van der Waals surface area contributed by atoms with Crippen molar-refractivity contribution < 1.29 is 62.8 Å². The van der Waals surface area contributed by atoms with Crippen LogP contribution in [0.25, 0.3) is 0 Å². The van der Waals surface area contributed by atoms with Gasteiger partial charge in [0.2, 0.25) is 5.91 Å². The van der Waals surface area contributed by atoms with Gasteiger partial charge in [-0.25, -0.2) is 0 Å². The van der Waals surface area contributed by atoms with Gasteiger partial charge >= 0.3 is 5.97 Å². The molecular weight excluding hydrogens is 716 g/mol. The standard InChI is InChI=1S/C40H72N2O13/c1-19-17-39(10,50-15)34(55-37-31(48-13)27(42(11)12)16-20(2)51-37)22(4)30(53-28-18-38(9,49-14)33(45)25(7)52-28)23(5)36(46)54-35-24(6)40(35,47)32(44)21(3)29(19)41-26(8)43/h19-25,27-35,37,44-45,47H,16-18H2,1-15H3,(H,41,43)/t19-,20-,21+,22+,23-,24?,25+,27+,28+,29+,30+,31-,32-,33+,34-,35-,37+,38-,39+,40+/m1/s1. The summed E-state index contributed by atoms with van der Waals surface area (Å²) in [6.07, 6.45) is -6.95. The van der Waals surface area contributed by atoms with Crippen LogP contribution < -0.4 is 5.32 Å². The first-order chi connectivity index (χ1) is 25.5. The molecule has 55 heavy (non-hydrogen) atoms. The molecule has 4 rings (SSSR count). The summed E-state index contributed by atoms with van der Waals surface area (Å²) in [4.78, 5) is 29.0. The van der Waals surface area contributed by atoms with E-state index in [2.05, 4.69) is 10.2 Å². The minimum atomic E-state index is -1.74. The first-order valence-electron chi connectivity index (χ1n) is 20.0. The zero-order valence-corrected chi connectivity index (χ0v) is 35.8. The minimum absolute atomic E-state index is 0.0396. The van der Waals surface area contributed by atoms with Gasteiger partial charge in [-0.05, 0) is 67.5 Å². The molecule has 0 bridgehead atoms. The molecule has 4 N–H and O–H groups in total. The van der Waals surface area contributed by atoms with Crippen molar-refractivity contribution in [1.82, 2.24) is 10.2 Å². The summed E-state index contributed by atoms with van der Waals surface area (Å²) in [6.45, 7) is 18.0. The summed E-state index contributed by atoms with van der Waals surface area (Å²) >= 11 is 0. The highest BCUT2D eigenvalue weighted by Gasteiger charge is 2.70. The average Bonchev–Trinajstić information content (AvgIpc) is 3.65. The van der Waals surface area contributed by atoms with Crippen LogP contribution in [-0.2, 0) is 47.5 Å². The van der Waals surface area contributed by atoms with Crippen LogP contribution in [0.4, 0.5) is 0 Å². The number of nitrogens with zero attached hydrogens (tertiary/aromatic N) is 1. The molecular formula is C40H72N2O13. The first kappa shape index (κ1) is 46.2. The van der Waals surface area contributed by atoms with E-state index in [1.165, 1.54) is 14.0 Å². The van der Waals surface area contributed by atoms with Gasteiger partial charge in [0.05, 0.1) is 47.6 Å².